The van der Waals surface area contributed by atoms with Crippen molar-refractivity contribution in [3.05, 3.63) is 76.6 Å². The lowest BCUT2D eigenvalue weighted by Crippen LogP contribution is -1.99. The summed E-state index contributed by atoms with van der Waals surface area (Å²) < 4.78 is 0. The maximum absolute atomic E-state index is 6.98. The van der Waals surface area contributed by atoms with E-state index in [1.165, 1.54) is 16.7 Å². The van der Waals surface area contributed by atoms with E-state index < -0.39 is 0 Å². The lowest BCUT2D eigenvalue weighted by Gasteiger charge is -2.16. The zero-order valence-electron chi connectivity index (χ0n) is 10.9. The Morgan fingerprint density at radius 3 is 1.89 bits per heavy atom. The molecule has 0 saturated carbocycles. The molecule has 0 saturated heterocycles. The molecule has 1 heteroatoms. The Morgan fingerprint density at radius 1 is 0.944 bits per heavy atom. The van der Waals surface area contributed by atoms with Crippen LogP contribution in [0.15, 0.2) is 48.5 Å². The van der Waals surface area contributed by atoms with Crippen molar-refractivity contribution in [1.29, 1.82) is 0 Å². The first-order valence-electron chi connectivity index (χ1n) is 6.28. The van der Waals surface area contributed by atoms with Crippen LogP contribution in [0.4, 0.5) is 5.69 Å². The Bertz CT molecular complexity index is 544. The van der Waals surface area contributed by atoms with Gasteiger partial charge in [0.2, 0.25) is 0 Å². The predicted molar refractivity (Wildman–Crippen MR) is 76.0 cm³/mol. The Labute approximate surface area is 109 Å². The average Bonchev–Trinajstić information content (AvgIpc) is 2.42. The Hall–Kier alpha value is -2.07. The summed E-state index contributed by atoms with van der Waals surface area (Å²) in [6, 6.07) is 16.7. The van der Waals surface area contributed by atoms with Gasteiger partial charge < -0.3 is 0 Å². The summed E-state index contributed by atoms with van der Waals surface area (Å²) in [5.41, 5.74) is 4.63. The van der Waals surface area contributed by atoms with E-state index in [4.69, 9.17) is 6.57 Å². The molecule has 0 spiro atoms. The van der Waals surface area contributed by atoms with Gasteiger partial charge in [0.05, 0.1) is 6.57 Å². The number of nitrogens with zero attached hydrogens (tertiary/aromatic N) is 1. The lowest BCUT2D eigenvalue weighted by molar-refractivity contribution is 0.777. The highest BCUT2D eigenvalue weighted by molar-refractivity contribution is 5.47. The Morgan fingerprint density at radius 2 is 1.44 bits per heavy atom. The molecule has 0 N–H and O–H groups in total. The third-order valence-corrected chi connectivity index (χ3v) is 3.31. The van der Waals surface area contributed by atoms with E-state index in [1.807, 2.05) is 12.1 Å². The number of hydrogen-bond acceptors (Lipinski definition) is 0. The van der Waals surface area contributed by atoms with Crippen molar-refractivity contribution in [2.45, 2.75) is 26.2 Å². The van der Waals surface area contributed by atoms with Crippen molar-refractivity contribution in [1.82, 2.24) is 0 Å². The Balaban J connectivity index is 2.33. The molecule has 0 amide bonds. The van der Waals surface area contributed by atoms with Crippen molar-refractivity contribution >= 4 is 5.69 Å². The van der Waals surface area contributed by atoms with Crippen molar-refractivity contribution in [3.8, 4) is 0 Å². The molecule has 1 nitrogen and oxygen atoms in total. The molecule has 0 bridgehead atoms. The summed E-state index contributed by atoms with van der Waals surface area (Å²) in [5.74, 6) is 0.422. The van der Waals surface area contributed by atoms with E-state index in [9.17, 15) is 0 Å². The molecule has 0 fully saturated rings. The molecule has 0 aliphatic rings. The van der Waals surface area contributed by atoms with Crippen LogP contribution in [0.5, 0.6) is 0 Å². The summed E-state index contributed by atoms with van der Waals surface area (Å²) in [5, 5.41) is 0. The van der Waals surface area contributed by atoms with Crippen molar-refractivity contribution in [2.75, 3.05) is 0 Å². The van der Waals surface area contributed by atoms with Gasteiger partial charge in [0.1, 0.15) is 0 Å². The summed E-state index contributed by atoms with van der Waals surface area (Å²) in [6.45, 7) is 11.3. The number of rotatable bonds is 3. The normalized spacial score (nSPS) is 11.8. The van der Waals surface area contributed by atoms with E-state index in [0.717, 1.165) is 6.42 Å². The topological polar surface area (TPSA) is 4.36 Å². The predicted octanol–water partition coefficient (Wildman–Crippen LogP) is 5.09. The molecule has 2 aromatic carbocycles. The molecule has 1 atom stereocenters. The van der Waals surface area contributed by atoms with Crippen LogP contribution in [0.1, 0.15) is 36.0 Å². The minimum absolute atomic E-state index is 0.422. The van der Waals surface area contributed by atoms with Gasteiger partial charge in [0.25, 0.3) is 0 Å². The van der Waals surface area contributed by atoms with Gasteiger partial charge >= 0.3 is 0 Å². The van der Waals surface area contributed by atoms with Crippen LogP contribution in [0.3, 0.4) is 0 Å². The van der Waals surface area contributed by atoms with Crippen molar-refractivity contribution in [3.63, 3.8) is 0 Å². The van der Waals surface area contributed by atoms with E-state index in [1.54, 1.807) is 0 Å². The largest absolute Gasteiger partial charge is 0.238 e. The summed E-state index contributed by atoms with van der Waals surface area (Å²) in [4.78, 5) is 3.43. The molecule has 0 heterocycles. The van der Waals surface area contributed by atoms with E-state index in [0.29, 0.717) is 11.6 Å². The van der Waals surface area contributed by atoms with Gasteiger partial charge in [-0.2, -0.15) is 0 Å². The standard InChI is InChI=1S/C17H17N/c1-4-17(14-7-5-13(2)6-8-14)15-9-11-16(18-3)12-10-15/h5-12,17H,4H2,1-2H3. The second-order valence-electron chi connectivity index (χ2n) is 4.57. The monoisotopic (exact) mass is 235 g/mol. The fourth-order valence-electron chi connectivity index (χ4n) is 2.24. The number of hydrogen-bond donors (Lipinski definition) is 0. The first-order valence-corrected chi connectivity index (χ1v) is 6.28. The van der Waals surface area contributed by atoms with Crippen molar-refractivity contribution < 1.29 is 0 Å². The molecule has 0 radical (unpaired) electrons. The third-order valence-electron chi connectivity index (χ3n) is 3.31. The highest BCUT2D eigenvalue weighted by Gasteiger charge is 2.11. The van der Waals surface area contributed by atoms with E-state index in [2.05, 4.69) is 55.1 Å². The van der Waals surface area contributed by atoms with E-state index in [-0.39, 0.29) is 0 Å². The van der Waals surface area contributed by atoms with Gasteiger partial charge in [0.15, 0.2) is 5.69 Å². The number of aryl methyl sites for hydroxylation is 1. The molecule has 18 heavy (non-hydrogen) atoms. The highest BCUT2D eigenvalue weighted by Crippen LogP contribution is 2.29. The molecule has 2 aromatic rings. The molecular weight excluding hydrogens is 218 g/mol. The average molecular weight is 235 g/mol. The van der Waals surface area contributed by atoms with Crippen molar-refractivity contribution in [2.24, 2.45) is 0 Å². The second kappa shape index (κ2) is 5.51. The zero-order chi connectivity index (χ0) is 13.0. The maximum Gasteiger partial charge on any atom is 0.187 e. The minimum Gasteiger partial charge on any atom is -0.238 e. The molecule has 0 aromatic heterocycles. The molecule has 90 valence electrons. The van der Waals surface area contributed by atoms with Gasteiger partial charge in [-0.1, -0.05) is 61.0 Å². The summed E-state index contributed by atoms with van der Waals surface area (Å²) in [6.07, 6.45) is 1.07. The smallest absolute Gasteiger partial charge is 0.187 e. The maximum atomic E-state index is 6.98. The fraction of sp³-hybridized carbons (Fsp3) is 0.235. The lowest BCUT2D eigenvalue weighted by atomic mass is 9.89. The van der Waals surface area contributed by atoms with Crippen LogP contribution in [-0.4, -0.2) is 0 Å². The SMILES string of the molecule is [C-]#[N+]c1ccc(C(CC)c2ccc(C)cc2)cc1. The molecule has 1 unspecified atom stereocenters. The first kappa shape index (κ1) is 12.4. The quantitative estimate of drug-likeness (QED) is 0.653. The fourth-order valence-corrected chi connectivity index (χ4v) is 2.24. The molecule has 2 rings (SSSR count). The van der Waals surface area contributed by atoms with Gasteiger partial charge in [0, 0.05) is 5.92 Å². The summed E-state index contributed by atoms with van der Waals surface area (Å²) in [7, 11) is 0. The zero-order valence-corrected chi connectivity index (χ0v) is 10.9. The molecule has 0 aliphatic carbocycles. The van der Waals surface area contributed by atoms with Crippen LogP contribution in [0.2, 0.25) is 0 Å². The van der Waals surface area contributed by atoms with Crippen LogP contribution in [0, 0.1) is 13.5 Å². The molecule has 0 aliphatic heterocycles. The third kappa shape index (κ3) is 2.60. The Kier molecular flexibility index (Phi) is 3.79. The van der Waals surface area contributed by atoms with Gasteiger partial charge in [-0.3, -0.25) is 0 Å². The minimum atomic E-state index is 0.422. The van der Waals surface area contributed by atoms with Gasteiger partial charge in [-0.15, -0.1) is 0 Å². The second-order valence-corrected chi connectivity index (χ2v) is 4.57. The van der Waals surface area contributed by atoms with Crippen LogP contribution in [0.25, 0.3) is 4.85 Å². The summed E-state index contributed by atoms with van der Waals surface area (Å²) >= 11 is 0. The molecular formula is C17H17N. The van der Waals surface area contributed by atoms with Gasteiger partial charge in [-0.05, 0) is 24.5 Å². The van der Waals surface area contributed by atoms with E-state index >= 15 is 0 Å². The van der Waals surface area contributed by atoms with Gasteiger partial charge in [-0.25, -0.2) is 4.85 Å². The van der Waals surface area contributed by atoms with Crippen LogP contribution >= 0.6 is 0 Å². The van der Waals surface area contributed by atoms with Crippen LogP contribution in [-0.2, 0) is 0 Å². The highest BCUT2D eigenvalue weighted by atomic mass is 14.6. The van der Waals surface area contributed by atoms with Crippen LogP contribution < -0.4 is 0 Å². The first-order chi connectivity index (χ1) is 8.74. The number of benzene rings is 2.